The number of rotatable bonds is 6. The maximum absolute atomic E-state index is 12.7. The van der Waals surface area contributed by atoms with Crippen molar-refractivity contribution in [2.75, 3.05) is 33.5 Å². The Labute approximate surface area is 152 Å². The molecule has 0 spiro atoms. The number of carbonyl (C=O) groups excluding carboxylic acids is 1. The number of aromatic nitrogens is 2. The van der Waals surface area contributed by atoms with Crippen molar-refractivity contribution in [3.63, 3.8) is 0 Å². The molecule has 1 amide bonds. The molecule has 2 heterocycles. The monoisotopic (exact) mass is 361 g/mol. The first-order valence-electron chi connectivity index (χ1n) is 8.47. The lowest BCUT2D eigenvalue weighted by Crippen LogP contribution is -2.45. The Morgan fingerprint density at radius 3 is 2.85 bits per heavy atom. The number of carbonyl (C=O) groups is 1. The molecule has 3 rings (SSSR count). The molecule has 26 heavy (non-hydrogen) atoms. The van der Waals surface area contributed by atoms with Crippen LogP contribution in [-0.2, 0) is 20.9 Å². The lowest BCUT2D eigenvalue weighted by atomic mass is 10.1. The quantitative estimate of drug-likeness (QED) is 0.775. The molecule has 1 aliphatic rings. The lowest BCUT2D eigenvalue weighted by molar-refractivity contribution is -0.142. The van der Waals surface area contributed by atoms with E-state index in [1.54, 1.807) is 12.0 Å². The van der Waals surface area contributed by atoms with E-state index in [4.69, 9.17) is 18.7 Å². The van der Waals surface area contributed by atoms with E-state index in [2.05, 4.69) is 10.1 Å². The number of hydrogen-bond donors (Lipinski definition) is 0. The zero-order valence-electron chi connectivity index (χ0n) is 15.2. The molecule has 2 aromatic rings. The van der Waals surface area contributed by atoms with Gasteiger partial charge in [-0.1, -0.05) is 23.4 Å². The number of nitrogens with zero attached hydrogens (tertiary/aromatic N) is 3. The highest BCUT2D eigenvalue weighted by atomic mass is 16.5. The summed E-state index contributed by atoms with van der Waals surface area (Å²) >= 11 is 0. The molecule has 1 saturated heterocycles. The van der Waals surface area contributed by atoms with Gasteiger partial charge in [-0.3, -0.25) is 4.79 Å². The van der Waals surface area contributed by atoms with E-state index in [0.29, 0.717) is 31.5 Å². The first kappa shape index (κ1) is 18.3. The predicted molar refractivity (Wildman–Crippen MR) is 91.7 cm³/mol. The van der Waals surface area contributed by atoms with Crippen LogP contribution in [0, 0.1) is 13.8 Å². The topological polar surface area (TPSA) is 86.9 Å². The molecule has 1 aromatic heterocycles. The molecule has 1 aliphatic heterocycles. The van der Waals surface area contributed by atoms with Gasteiger partial charge in [0.15, 0.2) is 12.4 Å². The van der Waals surface area contributed by atoms with Crippen LogP contribution in [-0.4, -0.2) is 54.4 Å². The predicted octanol–water partition coefficient (Wildman–Crippen LogP) is 1.81. The van der Waals surface area contributed by atoms with Gasteiger partial charge in [0.05, 0.1) is 13.2 Å². The fourth-order valence-electron chi connectivity index (χ4n) is 2.95. The van der Waals surface area contributed by atoms with Gasteiger partial charge in [0.25, 0.3) is 11.8 Å². The van der Waals surface area contributed by atoms with E-state index < -0.39 is 6.04 Å². The average molecular weight is 361 g/mol. The summed E-state index contributed by atoms with van der Waals surface area (Å²) in [6, 6.07) is 5.49. The number of benzene rings is 1. The molecule has 1 unspecified atom stereocenters. The fraction of sp³-hybridized carbons (Fsp3) is 0.500. The summed E-state index contributed by atoms with van der Waals surface area (Å²) in [7, 11) is 1.55. The molecule has 1 fully saturated rings. The first-order valence-corrected chi connectivity index (χ1v) is 8.47. The summed E-state index contributed by atoms with van der Waals surface area (Å²) in [6.07, 6.45) is 0. The molecule has 0 radical (unpaired) electrons. The SMILES string of the molecule is COCc1nc(C2COCCN2C(=O)COc2c(C)cccc2C)no1. The van der Waals surface area contributed by atoms with E-state index in [1.165, 1.54) is 0 Å². The molecule has 140 valence electrons. The van der Waals surface area contributed by atoms with Gasteiger partial charge < -0.3 is 23.6 Å². The van der Waals surface area contributed by atoms with Crippen LogP contribution in [0.15, 0.2) is 22.7 Å². The molecular weight excluding hydrogens is 338 g/mol. The molecule has 0 aliphatic carbocycles. The van der Waals surface area contributed by atoms with Crippen molar-refractivity contribution in [3.8, 4) is 5.75 Å². The highest BCUT2D eigenvalue weighted by Crippen LogP contribution is 2.25. The van der Waals surface area contributed by atoms with Crippen LogP contribution in [0.25, 0.3) is 0 Å². The third-order valence-corrected chi connectivity index (χ3v) is 4.25. The van der Waals surface area contributed by atoms with Crippen LogP contribution in [0.5, 0.6) is 5.75 Å². The van der Waals surface area contributed by atoms with E-state index in [1.807, 2.05) is 32.0 Å². The van der Waals surface area contributed by atoms with Crippen molar-refractivity contribution < 1.29 is 23.5 Å². The number of para-hydroxylation sites is 1. The van der Waals surface area contributed by atoms with Gasteiger partial charge in [0, 0.05) is 13.7 Å². The molecular formula is C18H23N3O5. The number of methoxy groups -OCH3 is 1. The minimum Gasteiger partial charge on any atom is -0.483 e. The molecule has 1 aromatic carbocycles. The largest absolute Gasteiger partial charge is 0.483 e. The second-order valence-electron chi connectivity index (χ2n) is 6.17. The zero-order valence-corrected chi connectivity index (χ0v) is 15.2. The van der Waals surface area contributed by atoms with Crippen molar-refractivity contribution >= 4 is 5.91 Å². The second-order valence-corrected chi connectivity index (χ2v) is 6.17. The van der Waals surface area contributed by atoms with Crippen molar-refractivity contribution in [1.82, 2.24) is 15.0 Å². The summed E-state index contributed by atoms with van der Waals surface area (Å²) in [5.74, 6) is 1.39. The Balaban J connectivity index is 1.69. The minimum atomic E-state index is -0.396. The Bertz CT molecular complexity index is 741. The van der Waals surface area contributed by atoms with Gasteiger partial charge in [-0.15, -0.1) is 0 Å². The van der Waals surface area contributed by atoms with Crippen LogP contribution in [0.1, 0.15) is 28.9 Å². The van der Waals surface area contributed by atoms with Crippen molar-refractivity contribution in [3.05, 3.63) is 41.0 Å². The number of morpholine rings is 1. The molecule has 8 nitrogen and oxygen atoms in total. The Hall–Kier alpha value is -2.45. The summed E-state index contributed by atoms with van der Waals surface area (Å²) in [4.78, 5) is 18.7. The van der Waals surface area contributed by atoms with E-state index in [9.17, 15) is 4.79 Å². The van der Waals surface area contributed by atoms with Crippen LogP contribution in [0.2, 0.25) is 0 Å². The fourth-order valence-corrected chi connectivity index (χ4v) is 2.95. The maximum atomic E-state index is 12.7. The molecule has 0 saturated carbocycles. The molecule has 8 heteroatoms. The zero-order chi connectivity index (χ0) is 18.5. The molecule has 1 atom stereocenters. The summed E-state index contributed by atoms with van der Waals surface area (Å²) in [5, 5.41) is 3.96. The standard InChI is InChI=1S/C18H23N3O5/c1-12-5-4-6-13(2)17(12)25-11-16(22)21-7-8-24-9-14(21)18-19-15(10-23-3)26-20-18/h4-6,14H,7-11H2,1-3H3. The highest BCUT2D eigenvalue weighted by molar-refractivity contribution is 5.78. The number of amides is 1. The van der Waals surface area contributed by atoms with Gasteiger partial charge in [-0.25, -0.2) is 0 Å². The summed E-state index contributed by atoms with van der Waals surface area (Å²) in [6.45, 7) is 5.33. The van der Waals surface area contributed by atoms with Crippen molar-refractivity contribution in [1.29, 1.82) is 0 Å². The minimum absolute atomic E-state index is 0.0506. The van der Waals surface area contributed by atoms with Crippen LogP contribution in [0.4, 0.5) is 0 Å². The number of hydrogen-bond acceptors (Lipinski definition) is 7. The average Bonchev–Trinajstić information content (AvgIpc) is 3.10. The smallest absolute Gasteiger partial charge is 0.261 e. The number of aryl methyl sites for hydroxylation is 2. The Morgan fingerprint density at radius 2 is 2.12 bits per heavy atom. The van der Waals surface area contributed by atoms with Crippen LogP contribution >= 0.6 is 0 Å². The van der Waals surface area contributed by atoms with Crippen LogP contribution < -0.4 is 4.74 Å². The first-order chi connectivity index (χ1) is 12.6. The van der Waals surface area contributed by atoms with Gasteiger partial charge in [0.2, 0.25) is 0 Å². The molecule has 0 N–H and O–H groups in total. The van der Waals surface area contributed by atoms with Gasteiger partial charge in [-0.05, 0) is 25.0 Å². The normalized spacial score (nSPS) is 17.3. The lowest BCUT2D eigenvalue weighted by Gasteiger charge is -2.33. The van der Waals surface area contributed by atoms with Crippen molar-refractivity contribution in [2.24, 2.45) is 0 Å². The molecule has 0 bridgehead atoms. The Kier molecular flexibility index (Phi) is 5.85. The van der Waals surface area contributed by atoms with Crippen LogP contribution in [0.3, 0.4) is 0 Å². The van der Waals surface area contributed by atoms with Gasteiger partial charge in [0.1, 0.15) is 18.4 Å². The summed E-state index contributed by atoms with van der Waals surface area (Å²) < 4.78 is 21.4. The Morgan fingerprint density at radius 1 is 1.35 bits per heavy atom. The van der Waals surface area contributed by atoms with Gasteiger partial charge >= 0.3 is 0 Å². The van der Waals surface area contributed by atoms with Gasteiger partial charge in [-0.2, -0.15) is 4.98 Å². The van der Waals surface area contributed by atoms with E-state index in [-0.39, 0.29) is 19.1 Å². The van der Waals surface area contributed by atoms with E-state index >= 15 is 0 Å². The second kappa shape index (κ2) is 8.29. The number of ether oxygens (including phenoxy) is 3. The third kappa shape index (κ3) is 4.03. The maximum Gasteiger partial charge on any atom is 0.261 e. The third-order valence-electron chi connectivity index (χ3n) is 4.25. The highest BCUT2D eigenvalue weighted by Gasteiger charge is 2.32. The van der Waals surface area contributed by atoms with Crippen molar-refractivity contribution in [2.45, 2.75) is 26.5 Å². The van der Waals surface area contributed by atoms with E-state index in [0.717, 1.165) is 16.9 Å². The summed E-state index contributed by atoms with van der Waals surface area (Å²) in [5.41, 5.74) is 2.00.